The molecule has 4 aromatic carbocycles. The molecule has 2 amide bonds. The Bertz CT molecular complexity index is 1690. The topological polar surface area (TPSA) is 96.0 Å². The maximum absolute atomic E-state index is 14.3. The van der Waals surface area contributed by atoms with Crippen molar-refractivity contribution in [1.82, 2.24) is 10.2 Å². The van der Waals surface area contributed by atoms with Crippen molar-refractivity contribution in [3.8, 4) is 11.5 Å². The number of sulfonamides is 1. The lowest BCUT2D eigenvalue weighted by Crippen LogP contribution is -2.52. The third-order valence-corrected chi connectivity index (χ3v) is 9.32. The van der Waals surface area contributed by atoms with Crippen LogP contribution >= 0.6 is 0 Å². The van der Waals surface area contributed by atoms with Gasteiger partial charge in [0.05, 0.1) is 10.6 Å². The number of nitrogens with zero attached hydrogens (tertiary/aromatic N) is 2. The van der Waals surface area contributed by atoms with Gasteiger partial charge >= 0.3 is 0 Å². The second-order valence-electron chi connectivity index (χ2n) is 11.8. The Labute approximate surface area is 273 Å². The van der Waals surface area contributed by atoms with E-state index in [-0.39, 0.29) is 23.3 Å². The highest BCUT2D eigenvalue weighted by atomic mass is 32.2. The summed E-state index contributed by atoms with van der Waals surface area (Å²) in [6, 6.07) is 29.3. The molecule has 0 spiro atoms. The van der Waals surface area contributed by atoms with Gasteiger partial charge in [-0.1, -0.05) is 86.5 Å². The second-order valence-corrected chi connectivity index (χ2v) is 13.7. The maximum Gasteiger partial charge on any atom is 0.264 e. The van der Waals surface area contributed by atoms with E-state index in [1.54, 1.807) is 36.4 Å². The molecule has 4 rings (SSSR count). The molecular weight excluding hydrogens is 598 g/mol. The van der Waals surface area contributed by atoms with Crippen LogP contribution in [0.2, 0.25) is 0 Å². The van der Waals surface area contributed by atoms with Gasteiger partial charge in [0.2, 0.25) is 11.8 Å². The lowest BCUT2D eigenvalue weighted by Gasteiger charge is -2.33. The smallest absolute Gasteiger partial charge is 0.264 e. The molecule has 0 unspecified atom stereocenters. The van der Waals surface area contributed by atoms with E-state index < -0.39 is 28.5 Å². The lowest BCUT2D eigenvalue weighted by molar-refractivity contribution is -0.140. The summed E-state index contributed by atoms with van der Waals surface area (Å²) in [6.07, 6.45) is 0.359. The first-order valence-electron chi connectivity index (χ1n) is 15.5. The largest absolute Gasteiger partial charge is 0.457 e. The third-order valence-electron chi connectivity index (χ3n) is 7.54. The zero-order valence-electron chi connectivity index (χ0n) is 27.1. The predicted molar refractivity (Wildman–Crippen MR) is 182 cm³/mol. The van der Waals surface area contributed by atoms with Crippen LogP contribution in [-0.4, -0.2) is 44.3 Å². The number of aryl methyl sites for hydroxylation is 2. The minimum Gasteiger partial charge on any atom is -0.457 e. The minimum atomic E-state index is -4.18. The molecule has 8 nitrogen and oxygen atoms in total. The average molecular weight is 642 g/mol. The van der Waals surface area contributed by atoms with Crippen molar-refractivity contribution in [3.05, 3.63) is 120 Å². The number of ether oxygens (including phenoxy) is 1. The zero-order valence-corrected chi connectivity index (χ0v) is 28.0. The van der Waals surface area contributed by atoms with Crippen LogP contribution in [0.25, 0.3) is 0 Å². The Morgan fingerprint density at radius 2 is 1.35 bits per heavy atom. The summed E-state index contributed by atoms with van der Waals surface area (Å²) in [5.41, 5.74) is 3.11. The van der Waals surface area contributed by atoms with Crippen LogP contribution in [0.15, 0.2) is 108 Å². The van der Waals surface area contributed by atoms with Gasteiger partial charge in [0.25, 0.3) is 10.0 Å². The molecule has 0 bridgehead atoms. The van der Waals surface area contributed by atoms with Crippen LogP contribution in [-0.2, 0) is 26.2 Å². The first-order chi connectivity index (χ1) is 22.0. The molecule has 1 N–H and O–H groups in total. The molecule has 9 heteroatoms. The molecule has 0 aliphatic rings. The van der Waals surface area contributed by atoms with Gasteiger partial charge in [-0.2, -0.15) is 0 Å². The fourth-order valence-electron chi connectivity index (χ4n) is 4.90. The van der Waals surface area contributed by atoms with E-state index in [0.717, 1.165) is 21.0 Å². The quantitative estimate of drug-likeness (QED) is 0.162. The van der Waals surface area contributed by atoms with Crippen molar-refractivity contribution in [1.29, 1.82) is 0 Å². The Morgan fingerprint density at radius 1 is 0.783 bits per heavy atom. The highest BCUT2D eigenvalue weighted by molar-refractivity contribution is 7.92. The summed E-state index contributed by atoms with van der Waals surface area (Å²) < 4.78 is 35.4. The second kappa shape index (κ2) is 15.6. The molecule has 242 valence electrons. The van der Waals surface area contributed by atoms with Crippen LogP contribution < -0.4 is 14.4 Å². The van der Waals surface area contributed by atoms with Crippen LogP contribution in [0.3, 0.4) is 0 Å². The van der Waals surface area contributed by atoms with Crippen LogP contribution in [0.4, 0.5) is 5.69 Å². The number of carbonyl (C=O) groups is 2. The van der Waals surface area contributed by atoms with E-state index in [0.29, 0.717) is 30.2 Å². The van der Waals surface area contributed by atoms with Crippen LogP contribution in [0.1, 0.15) is 43.9 Å². The number of para-hydroxylation sites is 1. The summed E-state index contributed by atoms with van der Waals surface area (Å²) >= 11 is 0. The number of hydrogen-bond acceptors (Lipinski definition) is 5. The Morgan fingerprint density at radius 3 is 1.91 bits per heavy atom. The number of benzene rings is 4. The predicted octanol–water partition coefficient (Wildman–Crippen LogP) is 6.87. The summed E-state index contributed by atoms with van der Waals surface area (Å²) in [7, 11) is -4.18. The number of anilines is 1. The summed E-state index contributed by atoms with van der Waals surface area (Å²) in [4.78, 5) is 29.3. The van der Waals surface area contributed by atoms with Gasteiger partial charge in [-0.05, 0) is 80.3 Å². The Hall–Kier alpha value is -4.63. The first-order valence-corrected chi connectivity index (χ1v) is 17.0. The van der Waals surface area contributed by atoms with Gasteiger partial charge in [0, 0.05) is 13.1 Å². The summed E-state index contributed by atoms with van der Waals surface area (Å²) in [5.74, 6) is 0.622. The third kappa shape index (κ3) is 8.97. The molecule has 4 aromatic rings. The molecule has 0 aliphatic carbocycles. The fraction of sp³-hybridized carbons (Fsp3) is 0.297. The number of hydrogen-bond donors (Lipinski definition) is 1. The Balaban J connectivity index is 1.71. The van der Waals surface area contributed by atoms with Crippen molar-refractivity contribution in [3.63, 3.8) is 0 Å². The standard InChI is InChI=1S/C37H43N3O5S/c1-6-35(37(42)38-24-27(2)3)39(25-30-16-12-28(4)13-17-30)36(41)26-40(46(43,44)34-22-14-29(5)15-23-34)31-18-20-33(21-19-31)45-32-10-8-7-9-11-32/h7-23,27,35H,6,24-26H2,1-5H3,(H,38,42)/t35-/m0/s1. The van der Waals surface area contributed by atoms with E-state index >= 15 is 0 Å². The Kier molecular flexibility index (Phi) is 11.6. The molecule has 0 radical (unpaired) electrons. The normalized spacial score (nSPS) is 12.0. The molecule has 46 heavy (non-hydrogen) atoms. The average Bonchev–Trinajstić information content (AvgIpc) is 3.04. The van der Waals surface area contributed by atoms with Crippen molar-refractivity contribution in [2.75, 3.05) is 17.4 Å². The number of nitrogens with one attached hydrogen (secondary N) is 1. The van der Waals surface area contributed by atoms with Gasteiger partial charge in [0.15, 0.2) is 0 Å². The fourth-order valence-corrected chi connectivity index (χ4v) is 6.32. The number of amides is 2. The van der Waals surface area contributed by atoms with Crippen molar-refractivity contribution in [2.45, 2.75) is 58.5 Å². The van der Waals surface area contributed by atoms with E-state index in [1.165, 1.54) is 17.0 Å². The maximum atomic E-state index is 14.3. The minimum absolute atomic E-state index is 0.0577. The van der Waals surface area contributed by atoms with Crippen molar-refractivity contribution >= 4 is 27.5 Å². The van der Waals surface area contributed by atoms with E-state index in [1.807, 2.05) is 89.2 Å². The van der Waals surface area contributed by atoms with Crippen LogP contribution in [0, 0.1) is 19.8 Å². The zero-order chi connectivity index (χ0) is 33.3. The molecule has 0 aliphatic heterocycles. The summed E-state index contributed by atoms with van der Waals surface area (Å²) in [6.45, 7) is 9.81. The van der Waals surface area contributed by atoms with E-state index in [9.17, 15) is 18.0 Å². The highest BCUT2D eigenvalue weighted by Crippen LogP contribution is 2.29. The van der Waals surface area contributed by atoms with E-state index in [4.69, 9.17) is 4.74 Å². The molecule has 0 aromatic heterocycles. The molecule has 0 heterocycles. The van der Waals surface area contributed by atoms with Gasteiger partial charge in [-0.25, -0.2) is 8.42 Å². The van der Waals surface area contributed by atoms with Gasteiger partial charge in [0.1, 0.15) is 24.1 Å². The molecule has 0 fully saturated rings. The lowest BCUT2D eigenvalue weighted by atomic mass is 10.1. The van der Waals surface area contributed by atoms with Crippen molar-refractivity contribution in [2.24, 2.45) is 5.92 Å². The monoisotopic (exact) mass is 641 g/mol. The van der Waals surface area contributed by atoms with Crippen molar-refractivity contribution < 1.29 is 22.7 Å². The number of carbonyl (C=O) groups excluding carboxylic acids is 2. The SMILES string of the molecule is CC[C@@H](C(=O)NCC(C)C)N(Cc1ccc(C)cc1)C(=O)CN(c1ccc(Oc2ccccc2)cc1)S(=O)(=O)c1ccc(C)cc1. The highest BCUT2D eigenvalue weighted by Gasteiger charge is 2.33. The summed E-state index contributed by atoms with van der Waals surface area (Å²) in [5, 5.41) is 2.96. The van der Waals surface area contributed by atoms with Gasteiger partial charge in [-0.3, -0.25) is 13.9 Å². The van der Waals surface area contributed by atoms with Gasteiger partial charge < -0.3 is 15.0 Å². The first kappa shape index (κ1) is 34.2. The molecular formula is C37H43N3O5S. The van der Waals surface area contributed by atoms with Gasteiger partial charge in [-0.15, -0.1) is 0 Å². The van der Waals surface area contributed by atoms with E-state index in [2.05, 4.69) is 5.32 Å². The number of rotatable bonds is 14. The molecule has 0 saturated heterocycles. The molecule has 0 saturated carbocycles. The molecule has 1 atom stereocenters. The van der Waals surface area contributed by atoms with Crippen LogP contribution in [0.5, 0.6) is 11.5 Å².